The fraction of sp³-hybridized carbons (Fsp3) is 0.385. The maximum absolute atomic E-state index is 14.0. The molecule has 1 amide bonds. The van der Waals surface area contributed by atoms with E-state index in [2.05, 4.69) is 5.32 Å². The molecular formula is C13H14F2N2O2. The Bertz CT molecular complexity index is 520. The van der Waals surface area contributed by atoms with Gasteiger partial charge in [0.15, 0.2) is 0 Å². The number of piperazine rings is 1. The van der Waals surface area contributed by atoms with Gasteiger partial charge in [0.1, 0.15) is 29.1 Å². The van der Waals surface area contributed by atoms with Crippen molar-refractivity contribution in [2.24, 2.45) is 0 Å². The average molecular weight is 268 g/mol. The predicted molar refractivity (Wildman–Crippen MR) is 66.2 cm³/mol. The van der Waals surface area contributed by atoms with Crippen molar-refractivity contribution in [1.82, 2.24) is 5.32 Å². The lowest BCUT2D eigenvalue weighted by Gasteiger charge is -2.42. The Morgan fingerprint density at radius 3 is 2.42 bits per heavy atom. The van der Waals surface area contributed by atoms with Crippen molar-refractivity contribution in [1.29, 1.82) is 0 Å². The van der Waals surface area contributed by atoms with Gasteiger partial charge in [-0.15, -0.1) is 0 Å². The van der Waals surface area contributed by atoms with Gasteiger partial charge in [0.25, 0.3) is 0 Å². The van der Waals surface area contributed by atoms with Crippen LogP contribution in [0.5, 0.6) is 0 Å². The van der Waals surface area contributed by atoms with Gasteiger partial charge in [-0.1, -0.05) is 0 Å². The second-order valence-corrected chi connectivity index (χ2v) is 4.92. The Balaban J connectivity index is 2.52. The molecule has 0 bridgehead atoms. The van der Waals surface area contributed by atoms with Crippen molar-refractivity contribution in [3.8, 4) is 0 Å². The molecule has 19 heavy (non-hydrogen) atoms. The molecule has 1 heterocycles. The molecule has 102 valence electrons. The highest BCUT2D eigenvalue weighted by Gasteiger charge is 2.40. The van der Waals surface area contributed by atoms with E-state index in [-0.39, 0.29) is 17.2 Å². The number of nitrogens with zero attached hydrogens (tertiary/aromatic N) is 1. The Kier molecular flexibility index (Phi) is 3.26. The van der Waals surface area contributed by atoms with E-state index in [1.54, 1.807) is 13.8 Å². The van der Waals surface area contributed by atoms with Gasteiger partial charge in [-0.3, -0.25) is 9.59 Å². The molecule has 4 nitrogen and oxygen atoms in total. The molecule has 1 saturated heterocycles. The van der Waals surface area contributed by atoms with Gasteiger partial charge in [0.2, 0.25) is 5.91 Å². The minimum absolute atomic E-state index is 0.0713. The fourth-order valence-electron chi connectivity index (χ4n) is 2.20. The molecule has 1 aromatic carbocycles. The van der Waals surface area contributed by atoms with Crippen LogP contribution in [0.4, 0.5) is 14.5 Å². The Hall–Kier alpha value is -1.98. The van der Waals surface area contributed by atoms with Crippen LogP contribution < -0.4 is 10.2 Å². The third-order valence-electron chi connectivity index (χ3n) is 3.30. The van der Waals surface area contributed by atoms with Crippen LogP contribution in [0, 0.1) is 11.6 Å². The topological polar surface area (TPSA) is 49.4 Å². The molecule has 0 spiro atoms. The number of carbonyl (C=O) groups is 2. The maximum atomic E-state index is 14.0. The van der Waals surface area contributed by atoms with E-state index in [4.69, 9.17) is 0 Å². The zero-order valence-corrected chi connectivity index (χ0v) is 10.7. The summed E-state index contributed by atoms with van der Waals surface area (Å²) < 4.78 is 28.0. The van der Waals surface area contributed by atoms with Crippen molar-refractivity contribution >= 4 is 17.9 Å². The van der Waals surface area contributed by atoms with E-state index in [0.29, 0.717) is 19.4 Å². The minimum atomic E-state index is -1.05. The van der Waals surface area contributed by atoms with Crippen LogP contribution in [0.3, 0.4) is 0 Å². The summed E-state index contributed by atoms with van der Waals surface area (Å²) >= 11 is 0. The van der Waals surface area contributed by atoms with E-state index in [9.17, 15) is 18.4 Å². The summed E-state index contributed by atoms with van der Waals surface area (Å²) in [5.74, 6) is -1.98. The molecule has 1 aliphatic heterocycles. The number of halogens is 2. The molecule has 0 unspecified atom stereocenters. The summed E-state index contributed by atoms with van der Waals surface area (Å²) in [6.07, 6.45) is 0.379. The summed E-state index contributed by atoms with van der Waals surface area (Å²) in [5.41, 5.74) is -1.40. The minimum Gasteiger partial charge on any atom is -0.352 e. The first kappa shape index (κ1) is 13.5. The molecule has 1 aliphatic rings. The van der Waals surface area contributed by atoms with Crippen molar-refractivity contribution in [3.63, 3.8) is 0 Å². The summed E-state index contributed by atoms with van der Waals surface area (Å²) in [5, 5.41) is 2.65. The van der Waals surface area contributed by atoms with Crippen LogP contribution in [-0.2, 0) is 4.79 Å². The molecule has 0 saturated carbocycles. The van der Waals surface area contributed by atoms with E-state index in [1.165, 1.54) is 4.90 Å². The molecule has 0 radical (unpaired) electrons. The number of benzene rings is 1. The standard InChI is InChI=1S/C13H14F2N2O2/c1-13(2)12(19)16-3-4-17(13)11-9(14)5-8(7-18)6-10(11)15/h5-7H,3-4H2,1-2H3,(H,16,19). The summed E-state index contributed by atoms with van der Waals surface area (Å²) in [4.78, 5) is 23.7. The zero-order valence-electron chi connectivity index (χ0n) is 10.7. The number of hydrogen-bond acceptors (Lipinski definition) is 3. The van der Waals surface area contributed by atoms with E-state index >= 15 is 0 Å². The number of aldehydes is 1. The van der Waals surface area contributed by atoms with Gasteiger partial charge < -0.3 is 10.2 Å². The van der Waals surface area contributed by atoms with Gasteiger partial charge in [-0.25, -0.2) is 8.78 Å². The highest BCUT2D eigenvalue weighted by molar-refractivity contribution is 5.90. The van der Waals surface area contributed by atoms with Crippen LogP contribution in [-0.4, -0.2) is 30.8 Å². The Morgan fingerprint density at radius 1 is 1.32 bits per heavy atom. The molecule has 0 aliphatic carbocycles. The zero-order chi connectivity index (χ0) is 14.2. The second-order valence-electron chi connectivity index (χ2n) is 4.92. The Morgan fingerprint density at radius 2 is 1.89 bits per heavy atom. The van der Waals surface area contributed by atoms with E-state index in [1.807, 2.05) is 0 Å². The highest BCUT2D eigenvalue weighted by Crippen LogP contribution is 2.31. The van der Waals surface area contributed by atoms with Crippen LogP contribution >= 0.6 is 0 Å². The quantitative estimate of drug-likeness (QED) is 0.827. The van der Waals surface area contributed by atoms with Crippen LogP contribution in [0.2, 0.25) is 0 Å². The third-order valence-corrected chi connectivity index (χ3v) is 3.30. The molecule has 2 rings (SSSR count). The monoisotopic (exact) mass is 268 g/mol. The lowest BCUT2D eigenvalue weighted by molar-refractivity contribution is -0.126. The first-order chi connectivity index (χ1) is 8.87. The number of rotatable bonds is 2. The second kappa shape index (κ2) is 4.60. The first-order valence-corrected chi connectivity index (χ1v) is 5.88. The third kappa shape index (κ3) is 2.18. The summed E-state index contributed by atoms with van der Waals surface area (Å²) in [7, 11) is 0. The maximum Gasteiger partial charge on any atom is 0.245 e. The number of carbonyl (C=O) groups excluding carboxylic acids is 2. The number of nitrogens with one attached hydrogen (secondary N) is 1. The molecule has 0 atom stereocenters. The molecule has 1 aromatic rings. The van der Waals surface area contributed by atoms with Gasteiger partial charge in [-0.05, 0) is 26.0 Å². The van der Waals surface area contributed by atoms with Gasteiger partial charge in [-0.2, -0.15) is 0 Å². The number of amides is 1. The van der Waals surface area contributed by atoms with Crippen LogP contribution in [0.25, 0.3) is 0 Å². The van der Waals surface area contributed by atoms with Gasteiger partial charge >= 0.3 is 0 Å². The smallest absolute Gasteiger partial charge is 0.245 e. The average Bonchev–Trinajstić information content (AvgIpc) is 2.33. The summed E-state index contributed by atoms with van der Waals surface area (Å²) in [6.45, 7) is 3.80. The predicted octanol–water partition coefficient (Wildman–Crippen LogP) is 1.49. The first-order valence-electron chi connectivity index (χ1n) is 5.88. The lowest BCUT2D eigenvalue weighted by Crippen LogP contribution is -2.62. The normalized spacial score (nSPS) is 18.1. The van der Waals surface area contributed by atoms with Gasteiger partial charge in [0, 0.05) is 18.7 Å². The van der Waals surface area contributed by atoms with Crippen LogP contribution in [0.1, 0.15) is 24.2 Å². The highest BCUT2D eigenvalue weighted by atomic mass is 19.1. The lowest BCUT2D eigenvalue weighted by atomic mass is 9.97. The van der Waals surface area contributed by atoms with Crippen molar-refractivity contribution < 1.29 is 18.4 Å². The Labute approximate surface area is 109 Å². The van der Waals surface area contributed by atoms with Crippen molar-refractivity contribution in [2.45, 2.75) is 19.4 Å². The summed E-state index contributed by atoms with van der Waals surface area (Å²) in [6, 6.07) is 1.93. The number of anilines is 1. The molecule has 1 fully saturated rings. The van der Waals surface area contributed by atoms with Crippen molar-refractivity contribution in [3.05, 3.63) is 29.3 Å². The van der Waals surface area contributed by atoms with E-state index < -0.39 is 17.2 Å². The molecule has 6 heteroatoms. The molecular weight excluding hydrogens is 254 g/mol. The molecule has 0 aromatic heterocycles. The van der Waals surface area contributed by atoms with Crippen molar-refractivity contribution in [2.75, 3.05) is 18.0 Å². The largest absolute Gasteiger partial charge is 0.352 e. The molecule has 1 N–H and O–H groups in total. The number of hydrogen-bond donors (Lipinski definition) is 1. The van der Waals surface area contributed by atoms with Gasteiger partial charge in [0.05, 0.1) is 0 Å². The van der Waals surface area contributed by atoms with E-state index in [0.717, 1.165) is 12.1 Å². The SMILES string of the molecule is CC1(C)C(=O)NCCN1c1c(F)cc(C=O)cc1F. The fourth-order valence-corrected chi connectivity index (χ4v) is 2.20. The van der Waals surface area contributed by atoms with Crippen LogP contribution in [0.15, 0.2) is 12.1 Å².